The third-order valence-corrected chi connectivity index (χ3v) is 6.48. The van der Waals surface area contributed by atoms with E-state index in [9.17, 15) is 9.59 Å². The van der Waals surface area contributed by atoms with Crippen molar-refractivity contribution in [3.05, 3.63) is 63.8 Å². The topological polar surface area (TPSA) is 60.3 Å². The summed E-state index contributed by atoms with van der Waals surface area (Å²) in [6.45, 7) is 0.441. The average molecular weight is 459 g/mol. The molecular formula is C24H24Cl2N2O3. The molecule has 3 aromatic rings. The van der Waals surface area contributed by atoms with Gasteiger partial charge < -0.3 is 14.6 Å². The lowest BCUT2D eigenvalue weighted by atomic mass is 9.95. The average Bonchev–Trinajstić information content (AvgIpc) is 3.05. The van der Waals surface area contributed by atoms with Crippen molar-refractivity contribution < 1.29 is 14.3 Å². The van der Waals surface area contributed by atoms with E-state index in [1.165, 1.54) is 6.42 Å². The van der Waals surface area contributed by atoms with Gasteiger partial charge in [0.25, 0.3) is 11.7 Å². The Labute approximate surface area is 191 Å². The van der Waals surface area contributed by atoms with Crippen LogP contribution in [0.1, 0.15) is 48.0 Å². The number of rotatable bonds is 6. The van der Waals surface area contributed by atoms with Crippen LogP contribution in [0.2, 0.25) is 10.2 Å². The molecule has 1 aromatic heterocycles. The van der Waals surface area contributed by atoms with Crippen molar-refractivity contribution in [2.24, 2.45) is 0 Å². The Kier molecular flexibility index (Phi) is 6.54. The molecule has 1 saturated carbocycles. The number of benzene rings is 2. The number of aromatic nitrogens is 1. The van der Waals surface area contributed by atoms with Crippen molar-refractivity contribution in [1.29, 1.82) is 0 Å². The summed E-state index contributed by atoms with van der Waals surface area (Å²) < 4.78 is 7.17. The quantitative estimate of drug-likeness (QED) is 0.384. The predicted octanol–water partition coefficient (Wildman–Crippen LogP) is 5.64. The van der Waals surface area contributed by atoms with Crippen molar-refractivity contribution in [2.75, 3.05) is 7.11 Å². The van der Waals surface area contributed by atoms with Crippen LogP contribution >= 0.6 is 23.2 Å². The van der Waals surface area contributed by atoms with Crippen LogP contribution in [-0.4, -0.2) is 29.4 Å². The first-order chi connectivity index (χ1) is 15.0. The van der Waals surface area contributed by atoms with Gasteiger partial charge in [0.2, 0.25) is 0 Å². The highest BCUT2D eigenvalue weighted by molar-refractivity contribution is 6.49. The number of methoxy groups -OCH3 is 1. The van der Waals surface area contributed by atoms with E-state index in [-0.39, 0.29) is 16.8 Å². The molecule has 162 valence electrons. The molecule has 31 heavy (non-hydrogen) atoms. The summed E-state index contributed by atoms with van der Waals surface area (Å²) in [5, 5.41) is 4.38. The minimum absolute atomic E-state index is 0.0425. The van der Waals surface area contributed by atoms with Gasteiger partial charge in [0, 0.05) is 23.0 Å². The van der Waals surface area contributed by atoms with Gasteiger partial charge in [-0.25, -0.2) is 0 Å². The maximum Gasteiger partial charge on any atom is 0.292 e. The summed E-state index contributed by atoms with van der Waals surface area (Å²) >= 11 is 12.7. The normalized spacial score (nSPS) is 14.5. The van der Waals surface area contributed by atoms with Crippen LogP contribution in [0.25, 0.3) is 10.9 Å². The highest BCUT2D eigenvalue weighted by atomic mass is 35.5. The van der Waals surface area contributed by atoms with Gasteiger partial charge in [-0.2, -0.15) is 0 Å². The van der Waals surface area contributed by atoms with Gasteiger partial charge in [0.1, 0.15) is 10.9 Å². The van der Waals surface area contributed by atoms with Crippen LogP contribution in [-0.2, 0) is 11.3 Å². The van der Waals surface area contributed by atoms with Crippen LogP contribution in [0.5, 0.6) is 5.75 Å². The Bertz CT molecular complexity index is 1120. The van der Waals surface area contributed by atoms with Crippen LogP contribution < -0.4 is 10.1 Å². The molecule has 0 bridgehead atoms. The lowest BCUT2D eigenvalue weighted by molar-refractivity contribution is -0.117. The molecular weight excluding hydrogens is 435 g/mol. The molecule has 1 amide bonds. The van der Waals surface area contributed by atoms with Crippen molar-refractivity contribution in [3.63, 3.8) is 0 Å². The molecule has 7 heteroatoms. The molecule has 1 N–H and O–H groups in total. The highest BCUT2D eigenvalue weighted by Gasteiger charge is 2.28. The maximum atomic E-state index is 13.2. The SMILES string of the molecule is COc1ccc2c(c1)c(C(=O)C(=O)NC1CCCCC1)c(Cl)n2Cc1ccc(Cl)cc1. The minimum Gasteiger partial charge on any atom is -0.497 e. The summed E-state index contributed by atoms with van der Waals surface area (Å²) in [6.07, 6.45) is 5.11. The molecule has 0 unspecified atom stereocenters. The predicted molar refractivity (Wildman–Crippen MR) is 123 cm³/mol. The monoisotopic (exact) mass is 458 g/mol. The Hall–Kier alpha value is -2.50. The summed E-state index contributed by atoms with van der Waals surface area (Å²) in [6, 6.07) is 12.9. The molecule has 0 saturated heterocycles. The van der Waals surface area contributed by atoms with E-state index in [1.807, 2.05) is 41.0 Å². The van der Waals surface area contributed by atoms with Gasteiger partial charge in [-0.1, -0.05) is 54.6 Å². The second-order valence-electron chi connectivity index (χ2n) is 7.90. The molecule has 1 aliphatic carbocycles. The number of hydrogen-bond acceptors (Lipinski definition) is 3. The standard InChI is InChI=1S/C24H24Cl2N2O3/c1-31-18-11-12-20-19(13-18)21(22(29)24(30)27-17-5-3-2-4-6-17)23(26)28(20)14-15-7-9-16(25)10-8-15/h7-13,17H,2-6,14H2,1H3,(H,27,30). The van der Waals surface area contributed by atoms with Gasteiger partial charge in [0.05, 0.1) is 18.2 Å². The molecule has 0 radical (unpaired) electrons. The molecule has 5 nitrogen and oxygen atoms in total. The zero-order chi connectivity index (χ0) is 22.0. The summed E-state index contributed by atoms with van der Waals surface area (Å²) in [4.78, 5) is 26.0. The van der Waals surface area contributed by atoms with E-state index in [0.717, 1.165) is 36.8 Å². The zero-order valence-corrected chi connectivity index (χ0v) is 18.8. The minimum atomic E-state index is -0.622. The van der Waals surface area contributed by atoms with Crippen LogP contribution in [0, 0.1) is 0 Å². The Morgan fingerprint density at radius 3 is 2.45 bits per heavy atom. The Balaban J connectivity index is 1.72. The summed E-state index contributed by atoms with van der Waals surface area (Å²) in [7, 11) is 1.56. The smallest absolute Gasteiger partial charge is 0.292 e. The Morgan fingerprint density at radius 2 is 1.77 bits per heavy atom. The van der Waals surface area contributed by atoms with E-state index < -0.39 is 11.7 Å². The van der Waals surface area contributed by atoms with Crippen LogP contribution in [0.3, 0.4) is 0 Å². The van der Waals surface area contributed by atoms with Gasteiger partial charge in [-0.05, 0) is 48.7 Å². The van der Waals surface area contributed by atoms with Crippen molar-refractivity contribution >= 4 is 45.8 Å². The second kappa shape index (κ2) is 9.33. The van der Waals surface area contributed by atoms with Crippen LogP contribution in [0.4, 0.5) is 0 Å². The fraction of sp³-hybridized carbons (Fsp3) is 0.333. The number of halogens is 2. The van der Waals surface area contributed by atoms with E-state index in [0.29, 0.717) is 22.7 Å². The largest absolute Gasteiger partial charge is 0.497 e. The number of amides is 1. The molecule has 4 rings (SSSR count). The number of carbonyl (C=O) groups is 2. The van der Waals surface area contributed by atoms with E-state index in [4.69, 9.17) is 27.9 Å². The van der Waals surface area contributed by atoms with Gasteiger partial charge >= 0.3 is 0 Å². The summed E-state index contributed by atoms with van der Waals surface area (Å²) in [5.41, 5.74) is 1.94. The van der Waals surface area contributed by atoms with Crippen molar-refractivity contribution in [1.82, 2.24) is 9.88 Å². The number of ether oxygens (including phenoxy) is 1. The van der Waals surface area contributed by atoms with E-state index in [2.05, 4.69) is 5.32 Å². The van der Waals surface area contributed by atoms with E-state index in [1.54, 1.807) is 13.2 Å². The van der Waals surface area contributed by atoms with E-state index >= 15 is 0 Å². The first-order valence-electron chi connectivity index (χ1n) is 10.4. The third-order valence-electron chi connectivity index (χ3n) is 5.83. The number of nitrogens with one attached hydrogen (secondary N) is 1. The van der Waals surface area contributed by atoms with Gasteiger partial charge in [0.15, 0.2) is 0 Å². The zero-order valence-electron chi connectivity index (χ0n) is 17.3. The number of ketones is 1. The number of carbonyl (C=O) groups excluding carboxylic acids is 2. The second-order valence-corrected chi connectivity index (χ2v) is 8.69. The van der Waals surface area contributed by atoms with Crippen LogP contribution in [0.15, 0.2) is 42.5 Å². The van der Waals surface area contributed by atoms with Crippen molar-refractivity contribution in [3.8, 4) is 5.75 Å². The molecule has 1 aliphatic rings. The molecule has 0 atom stereocenters. The number of Topliss-reactive ketones (excluding diaryl/α,β-unsaturated/α-hetero) is 1. The first kappa shape index (κ1) is 21.7. The number of nitrogens with zero attached hydrogens (tertiary/aromatic N) is 1. The molecule has 1 heterocycles. The molecule has 2 aromatic carbocycles. The highest BCUT2D eigenvalue weighted by Crippen LogP contribution is 2.34. The van der Waals surface area contributed by atoms with Gasteiger partial charge in [-0.3, -0.25) is 9.59 Å². The lowest BCUT2D eigenvalue weighted by Crippen LogP contribution is -2.40. The Morgan fingerprint density at radius 1 is 1.06 bits per heavy atom. The number of fused-ring (bicyclic) bond motifs is 1. The third kappa shape index (κ3) is 4.58. The van der Waals surface area contributed by atoms with Gasteiger partial charge in [-0.15, -0.1) is 0 Å². The molecule has 0 spiro atoms. The molecule has 1 fully saturated rings. The first-order valence-corrected chi connectivity index (χ1v) is 11.2. The number of hydrogen-bond donors (Lipinski definition) is 1. The fourth-order valence-electron chi connectivity index (χ4n) is 4.18. The molecule has 0 aliphatic heterocycles. The van der Waals surface area contributed by atoms with Crippen molar-refractivity contribution in [2.45, 2.75) is 44.7 Å². The maximum absolute atomic E-state index is 13.2. The fourth-order valence-corrected chi connectivity index (χ4v) is 4.65. The lowest BCUT2D eigenvalue weighted by Gasteiger charge is -2.22. The summed E-state index contributed by atoms with van der Waals surface area (Å²) in [5.74, 6) is -0.639.